The Labute approximate surface area is 120 Å². The predicted octanol–water partition coefficient (Wildman–Crippen LogP) is 2.08. The van der Waals surface area contributed by atoms with E-state index in [1.54, 1.807) is 6.92 Å². The fourth-order valence-corrected chi connectivity index (χ4v) is 2.71. The van der Waals surface area contributed by atoms with E-state index in [1.165, 1.54) is 5.56 Å². The van der Waals surface area contributed by atoms with E-state index in [1.807, 2.05) is 24.3 Å². The summed E-state index contributed by atoms with van der Waals surface area (Å²) < 4.78 is 25.1. The van der Waals surface area contributed by atoms with E-state index < -0.39 is 10.0 Å². The van der Waals surface area contributed by atoms with Gasteiger partial charge in [0, 0.05) is 5.69 Å². The van der Waals surface area contributed by atoms with Gasteiger partial charge in [0.15, 0.2) is 0 Å². The minimum absolute atomic E-state index is 0.0311. The van der Waals surface area contributed by atoms with E-state index in [9.17, 15) is 13.2 Å². The molecule has 0 saturated carbocycles. The van der Waals surface area contributed by atoms with E-state index in [0.29, 0.717) is 18.0 Å². The first-order valence-electron chi connectivity index (χ1n) is 6.71. The first kappa shape index (κ1) is 16.7. The Bertz CT molecular complexity index is 536. The number of hydrogen-bond acceptors (Lipinski definition) is 3. The van der Waals surface area contributed by atoms with Crippen molar-refractivity contribution in [1.29, 1.82) is 0 Å². The summed E-state index contributed by atoms with van der Waals surface area (Å²) in [6.45, 7) is 5.72. The molecule has 1 rings (SSSR count). The van der Waals surface area contributed by atoms with Crippen molar-refractivity contribution in [1.82, 2.24) is 4.72 Å². The summed E-state index contributed by atoms with van der Waals surface area (Å²) >= 11 is 0. The number of amides is 1. The average Bonchev–Trinajstić information content (AvgIpc) is 2.37. The second-order valence-corrected chi connectivity index (χ2v) is 6.89. The normalized spacial score (nSPS) is 11.6. The van der Waals surface area contributed by atoms with Crippen molar-refractivity contribution < 1.29 is 13.2 Å². The Morgan fingerprint density at radius 2 is 1.80 bits per heavy atom. The van der Waals surface area contributed by atoms with Crippen LogP contribution in [-0.2, 0) is 14.8 Å². The zero-order chi connectivity index (χ0) is 15.2. The second-order valence-electron chi connectivity index (χ2n) is 4.96. The predicted molar refractivity (Wildman–Crippen MR) is 81.2 cm³/mol. The highest BCUT2D eigenvalue weighted by Crippen LogP contribution is 2.16. The average molecular weight is 298 g/mol. The minimum Gasteiger partial charge on any atom is -0.325 e. The number of carbonyl (C=O) groups excluding carboxylic acids is 1. The molecule has 20 heavy (non-hydrogen) atoms. The number of benzene rings is 1. The highest BCUT2D eigenvalue weighted by atomic mass is 32.2. The SMILES string of the molecule is CCCS(=O)(=O)NCC(=O)Nc1ccc(C(C)C)cc1. The number of hydrogen-bond donors (Lipinski definition) is 2. The van der Waals surface area contributed by atoms with Gasteiger partial charge >= 0.3 is 0 Å². The van der Waals surface area contributed by atoms with Crippen molar-refractivity contribution in [2.24, 2.45) is 0 Å². The van der Waals surface area contributed by atoms with Gasteiger partial charge in [-0.2, -0.15) is 0 Å². The summed E-state index contributed by atoms with van der Waals surface area (Å²) in [6.07, 6.45) is 0.521. The van der Waals surface area contributed by atoms with Gasteiger partial charge in [-0.1, -0.05) is 32.9 Å². The third kappa shape index (κ3) is 5.71. The lowest BCUT2D eigenvalue weighted by Gasteiger charge is -2.09. The molecule has 0 bridgehead atoms. The second kappa shape index (κ2) is 7.40. The molecule has 0 aliphatic heterocycles. The Morgan fingerprint density at radius 1 is 1.20 bits per heavy atom. The molecule has 0 fully saturated rings. The van der Waals surface area contributed by atoms with Crippen LogP contribution < -0.4 is 10.0 Å². The van der Waals surface area contributed by atoms with Gasteiger partial charge < -0.3 is 5.32 Å². The van der Waals surface area contributed by atoms with Gasteiger partial charge in [0.1, 0.15) is 0 Å². The quantitative estimate of drug-likeness (QED) is 0.809. The molecule has 0 radical (unpaired) electrons. The molecule has 1 amide bonds. The Hall–Kier alpha value is -1.40. The van der Waals surface area contributed by atoms with Crippen LogP contribution in [0.4, 0.5) is 5.69 Å². The summed E-state index contributed by atoms with van der Waals surface area (Å²) in [4.78, 5) is 11.6. The topological polar surface area (TPSA) is 75.3 Å². The van der Waals surface area contributed by atoms with Gasteiger partial charge in [0.25, 0.3) is 0 Å². The van der Waals surface area contributed by atoms with Gasteiger partial charge in [-0.25, -0.2) is 13.1 Å². The van der Waals surface area contributed by atoms with Gasteiger partial charge in [-0.05, 0) is 30.0 Å². The van der Waals surface area contributed by atoms with Crippen LogP contribution in [0, 0.1) is 0 Å². The molecule has 0 heterocycles. The molecule has 2 N–H and O–H groups in total. The van der Waals surface area contributed by atoms with Crippen LogP contribution in [0.2, 0.25) is 0 Å². The maximum Gasteiger partial charge on any atom is 0.239 e. The molecule has 0 aliphatic rings. The molecule has 0 aliphatic carbocycles. The van der Waals surface area contributed by atoms with Gasteiger partial charge in [-0.15, -0.1) is 0 Å². The molecule has 0 saturated heterocycles. The van der Waals surface area contributed by atoms with Crippen molar-refractivity contribution in [2.45, 2.75) is 33.1 Å². The Balaban J connectivity index is 2.50. The maximum atomic E-state index is 11.6. The summed E-state index contributed by atoms with van der Waals surface area (Å²) in [5.41, 5.74) is 1.85. The fraction of sp³-hybridized carbons (Fsp3) is 0.500. The van der Waals surface area contributed by atoms with Crippen LogP contribution in [-0.4, -0.2) is 26.6 Å². The summed E-state index contributed by atoms with van der Waals surface area (Å²) in [5, 5.41) is 2.66. The van der Waals surface area contributed by atoms with Crippen LogP contribution in [0.5, 0.6) is 0 Å². The maximum absolute atomic E-state index is 11.6. The van der Waals surface area contributed by atoms with Crippen LogP contribution >= 0.6 is 0 Å². The van der Waals surface area contributed by atoms with Crippen LogP contribution in [0.25, 0.3) is 0 Å². The van der Waals surface area contributed by atoms with Crippen LogP contribution in [0.15, 0.2) is 24.3 Å². The number of sulfonamides is 1. The number of rotatable bonds is 7. The van der Waals surface area contributed by atoms with Gasteiger partial charge in [-0.3, -0.25) is 4.79 Å². The van der Waals surface area contributed by atoms with Crippen molar-refractivity contribution in [2.75, 3.05) is 17.6 Å². The highest BCUT2D eigenvalue weighted by molar-refractivity contribution is 7.89. The third-order valence-electron chi connectivity index (χ3n) is 2.79. The first-order chi connectivity index (χ1) is 9.34. The zero-order valence-electron chi connectivity index (χ0n) is 12.1. The molecule has 5 nitrogen and oxygen atoms in total. The van der Waals surface area contributed by atoms with Crippen molar-refractivity contribution in [3.63, 3.8) is 0 Å². The zero-order valence-corrected chi connectivity index (χ0v) is 13.0. The Morgan fingerprint density at radius 3 is 2.30 bits per heavy atom. The highest BCUT2D eigenvalue weighted by Gasteiger charge is 2.11. The molecule has 0 aromatic heterocycles. The standard InChI is InChI=1S/C14H22N2O3S/c1-4-9-20(18,19)15-10-14(17)16-13-7-5-12(6-8-13)11(2)3/h5-8,11,15H,4,9-10H2,1-3H3,(H,16,17). The largest absolute Gasteiger partial charge is 0.325 e. The van der Waals surface area contributed by atoms with E-state index in [-0.39, 0.29) is 18.2 Å². The smallest absolute Gasteiger partial charge is 0.239 e. The molecule has 112 valence electrons. The lowest BCUT2D eigenvalue weighted by Crippen LogP contribution is -2.34. The van der Waals surface area contributed by atoms with Crippen molar-refractivity contribution in [3.05, 3.63) is 29.8 Å². The van der Waals surface area contributed by atoms with E-state index in [2.05, 4.69) is 23.9 Å². The monoisotopic (exact) mass is 298 g/mol. The summed E-state index contributed by atoms with van der Waals surface area (Å²) in [5.74, 6) is 0.0891. The lowest BCUT2D eigenvalue weighted by molar-refractivity contribution is -0.115. The molecule has 1 aromatic rings. The molecular weight excluding hydrogens is 276 g/mol. The molecule has 6 heteroatoms. The van der Waals surface area contributed by atoms with E-state index in [0.717, 1.165) is 0 Å². The lowest BCUT2D eigenvalue weighted by atomic mass is 10.0. The number of nitrogens with one attached hydrogen (secondary N) is 2. The minimum atomic E-state index is -3.35. The molecule has 1 aromatic carbocycles. The van der Waals surface area contributed by atoms with Crippen molar-refractivity contribution in [3.8, 4) is 0 Å². The molecule has 0 atom stereocenters. The molecular formula is C14H22N2O3S. The number of carbonyl (C=O) groups is 1. The van der Waals surface area contributed by atoms with E-state index in [4.69, 9.17) is 0 Å². The van der Waals surface area contributed by atoms with Gasteiger partial charge in [0.2, 0.25) is 15.9 Å². The van der Waals surface area contributed by atoms with E-state index >= 15 is 0 Å². The van der Waals surface area contributed by atoms with Crippen LogP contribution in [0.1, 0.15) is 38.7 Å². The summed E-state index contributed by atoms with van der Waals surface area (Å²) in [6, 6.07) is 7.52. The molecule has 0 unspecified atom stereocenters. The first-order valence-corrected chi connectivity index (χ1v) is 8.36. The fourth-order valence-electron chi connectivity index (χ4n) is 1.67. The summed E-state index contributed by atoms with van der Waals surface area (Å²) in [7, 11) is -3.35. The van der Waals surface area contributed by atoms with Crippen LogP contribution in [0.3, 0.4) is 0 Å². The number of anilines is 1. The van der Waals surface area contributed by atoms with Gasteiger partial charge in [0.05, 0.1) is 12.3 Å². The Kier molecular flexibility index (Phi) is 6.16. The molecule has 0 spiro atoms. The van der Waals surface area contributed by atoms with Crippen molar-refractivity contribution >= 4 is 21.6 Å². The third-order valence-corrected chi connectivity index (χ3v) is 4.32.